The molecule has 0 spiro atoms. The highest BCUT2D eigenvalue weighted by Crippen LogP contribution is 1.98. The van der Waals surface area contributed by atoms with Crippen molar-refractivity contribution in [3.05, 3.63) is 0 Å². The predicted molar refractivity (Wildman–Crippen MR) is 47.7 cm³/mol. The van der Waals surface area contributed by atoms with Crippen LogP contribution in [0.1, 0.15) is 32.6 Å². The molecule has 0 heterocycles. The maximum Gasteiger partial charge on any atom is 0.350 e. The van der Waals surface area contributed by atoms with Crippen molar-refractivity contribution in [2.75, 3.05) is 6.61 Å². The lowest BCUT2D eigenvalue weighted by molar-refractivity contribution is -0.134. The molecule has 0 amide bonds. The van der Waals surface area contributed by atoms with Crippen molar-refractivity contribution in [2.24, 2.45) is 0 Å². The van der Waals surface area contributed by atoms with Gasteiger partial charge in [0.1, 0.15) is 5.37 Å². The third-order valence-electron chi connectivity index (χ3n) is 1.31. The lowest BCUT2D eigenvalue weighted by atomic mass is 10.2. The van der Waals surface area contributed by atoms with Gasteiger partial charge in [-0.15, -0.1) is 0 Å². The Bertz CT molecular complexity index is 123. The SMILES string of the molecule is CCCCCCOC(=O)[C]=S. The molecule has 0 saturated carbocycles. The molecule has 63 valence electrons. The summed E-state index contributed by atoms with van der Waals surface area (Å²) in [6.45, 7) is 2.61. The molecular formula is C8H13O2S. The summed E-state index contributed by atoms with van der Waals surface area (Å²) in [4.78, 5) is 10.4. The molecule has 0 aliphatic carbocycles. The van der Waals surface area contributed by atoms with Gasteiger partial charge in [-0.25, -0.2) is 4.79 Å². The average molecular weight is 173 g/mol. The largest absolute Gasteiger partial charge is 0.461 e. The van der Waals surface area contributed by atoms with Crippen molar-refractivity contribution in [1.82, 2.24) is 0 Å². The van der Waals surface area contributed by atoms with Gasteiger partial charge in [-0.1, -0.05) is 38.4 Å². The molecule has 0 aromatic heterocycles. The molecule has 11 heavy (non-hydrogen) atoms. The summed E-state index contributed by atoms with van der Waals surface area (Å²) in [7, 11) is 0. The fourth-order valence-electron chi connectivity index (χ4n) is 0.723. The molecule has 0 aliphatic heterocycles. The average Bonchev–Trinajstić information content (AvgIpc) is 2.04. The van der Waals surface area contributed by atoms with Gasteiger partial charge in [0.25, 0.3) is 0 Å². The molecule has 0 bridgehead atoms. The summed E-state index contributed by atoms with van der Waals surface area (Å²) < 4.78 is 4.68. The van der Waals surface area contributed by atoms with E-state index in [-0.39, 0.29) is 0 Å². The molecule has 0 saturated heterocycles. The Morgan fingerprint density at radius 3 is 2.73 bits per heavy atom. The van der Waals surface area contributed by atoms with E-state index >= 15 is 0 Å². The monoisotopic (exact) mass is 173 g/mol. The number of carbonyl (C=O) groups excluding carboxylic acids is 1. The third-order valence-corrected chi connectivity index (χ3v) is 1.48. The Morgan fingerprint density at radius 2 is 2.18 bits per heavy atom. The highest BCUT2D eigenvalue weighted by Gasteiger charge is 1.95. The molecule has 0 N–H and O–H groups in total. The third kappa shape index (κ3) is 7.46. The molecule has 2 nitrogen and oxygen atoms in total. The smallest absolute Gasteiger partial charge is 0.350 e. The van der Waals surface area contributed by atoms with E-state index in [0.717, 1.165) is 12.8 Å². The number of hydrogen-bond donors (Lipinski definition) is 0. The van der Waals surface area contributed by atoms with Gasteiger partial charge in [0.15, 0.2) is 0 Å². The van der Waals surface area contributed by atoms with Gasteiger partial charge in [0.05, 0.1) is 6.61 Å². The Kier molecular flexibility index (Phi) is 7.36. The zero-order valence-electron chi connectivity index (χ0n) is 6.76. The van der Waals surface area contributed by atoms with Crippen molar-refractivity contribution < 1.29 is 9.53 Å². The highest BCUT2D eigenvalue weighted by molar-refractivity contribution is 7.80. The van der Waals surface area contributed by atoms with E-state index in [1.54, 1.807) is 0 Å². The van der Waals surface area contributed by atoms with Crippen LogP contribution in [0, 0.1) is 0 Å². The quantitative estimate of drug-likeness (QED) is 0.349. The van der Waals surface area contributed by atoms with Crippen LogP contribution in [0.2, 0.25) is 0 Å². The number of unbranched alkanes of at least 4 members (excludes halogenated alkanes) is 3. The zero-order valence-corrected chi connectivity index (χ0v) is 7.58. The van der Waals surface area contributed by atoms with Crippen LogP contribution in [-0.4, -0.2) is 17.9 Å². The van der Waals surface area contributed by atoms with E-state index in [1.165, 1.54) is 12.8 Å². The van der Waals surface area contributed by atoms with E-state index in [0.29, 0.717) is 6.61 Å². The maximum absolute atomic E-state index is 10.4. The summed E-state index contributed by atoms with van der Waals surface area (Å²) >= 11 is 4.25. The summed E-state index contributed by atoms with van der Waals surface area (Å²) in [6, 6.07) is 0. The van der Waals surface area contributed by atoms with Crippen LogP contribution in [0.25, 0.3) is 0 Å². The minimum absolute atomic E-state index is 0.475. The lowest BCUT2D eigenvalue weighted by Gasteiger charge is -1.99. The first-order chi connectivity index (χ1) is 5.31. The van der Waals surface area contributed by atoms with Crippen LogP contribution < -0.4 is 0 Å². The summed E-state index contributed by atoms with van der Waals surface area (Å²) in [5.74, 6) is -0.517. The van der Waals surface area contributed by atoms with E-state index in [4.69, 9.17) is 0 Å². The maximum atomic E-state index is 10.4. The van der Waals surface area contributed by atoms with Crippen molar-refractivity contribution >= 4 is 23.6 Å². The first kappa shape index (κ1) is 10.6. The second-order valence-corrected chi connectivity index (χ2v) is 2.50. The van der Waals surface area contributed by atoms with E-state index < -0.39 is 5.97 Å². The summed E-state index contributed by atoms with van der Waals surface area (Å²) in [5, 5.41) is 1.98. The van der Waals surface area contributed by atoms with Crippen molar-refractivity contribution in [3.8, 4) is 0 Å². The molecule has 1 radical (unpaired) electrons. The Balaban J connectivity index is 3.01. The first-order valence-corrected chi connectivity index (χ1v) is 4.27. The first-order valence-electron chi connectivity index (χ1n) is 3.86. The minimum Gasteiger partial charge on any atom is -0.461 e. The number of ether oxygens (including phenoxy) is 1. The molecular weight excluding hydrogens is 160 g/mol. The summed E-state index contributed by atoms with van der Waals surface area (Å²) in [5.41, 5.74) is 0. The van der Waals surface area contributed by atoms with Gasteiger partial charge in [0.2, 0.25) is 0 Å². The van der Waals surface area contributed by atoms with Crippen LogP contribution in [0.3, 0.4) is 0 Å². The Hall–Kier alpha value is -0.440. The predicted octanol–water partition coefficient (Wildman–Crippen LogP) is 1.99. The van der Waals surface area contributed by atoms with Crippen molar-refractivity contribution in [3.63, 3.8) is 0 Å². The number of carbonyl (C=O) groups is 1. The molecule has 0 aromatic carbocycles. The second-order valence-electron chi connectivity index (χ2n) is 2.30. The van der Waals surface area contributed by atoms with E-state index in [1.807, 2.05) is 5.37 Å². The highest BCUT2D eigenvalue weighted by atomic mass is 32.1. The topological polar surface area (TPSA) is 26.3 Å². The number of esters is 1. The van der Waals surface area contributed by atoms with Crippen LogP contribution in [0.4, 0.5) is 0 Å². The number of thiocarbonyl (C=S) groups is 1. The van der Waals surface area contributed by atoms with Crippen molar-refractivity contribution in [2.45, 2.75) is 32.6 Å². The van der Waals surface area contributed by atoms with Gasteiger partial charge in [-0.05, 0) is 6.42 Å². The molecule has 0 aromatic rings. The van der Waals surface area contributed by atoms with Gasteiger partial charge < -0.3 is 4.74 Å². The molecule has 0 atom stereocenters. The van der Waals surface area contributed by atoms with Crippen LogP contribution in [0.15, 0.2) is 0 Å². The standard InChI is InChI=1S/C8H13O2S/c1-2-3-4-5-6-10-8(9)7-11/h2-6H2,1H3. The van der Waals surface area contributed by atoms with Gasteiger partial charge in [0, 0.05) is 0 Å². The van der Waals surface area contributed by atoms with E-state index in [2.05, 4.69) is 23.9 Å². The Morgan fingerprint density at radius 1 is 1.45 bits per heavy atom. The second kappa shape index (κ2) is 7.66. The Labute approximate surface area is 72.9 Å². The fraction of sp³-hybridized carbons (Fsp3) is 0.750. The zero-order chi connectivity index (χ0) is 8.53. The van der Waals surface area contributed by atoms with Crippen LogP contribution in [0.5, 0.6) is 0 Å². The number of hydrogen-bond acceptors (Lipinski definition) is 3. The normalized spacial score (nSPS) is 9.18. The van der Waals surface area contributed by atoms with Crippen LogP contribution >= 0.6 is 12.2 Å². The fourth-order valence-corrected chi connectivity index (χ4v) is 0.782. The molecule has 0 unspecified atom stereocenters. The molecule has 0 rings (SSSR count). The lowest BCUT2D eigenvalue weighted by Crippen LogP contribution is -2.05. The van der Waals surface area contributed by atoms with Gasteiger partial charge in [-0.2, -0.15) is 0 Å². The number of rotatable bonds is 6. The van der Waals surface area contributed by atoms with Crippen molar-refractivity contribution in [1.29, 1.82) is 0 Å². The summed E-state index contributed by atoms with van der Waals surface area (Å²) in [6.07, 6.45) is 4.42. The molecule has 0 fully saturated rings. The van der Waals surface area contributed by atoms with Gasteiger partial charge in [-0.3, -0.25) is 0 Å². The minimum atomic E-state index is -0.517. The van der Waals surface area contributed by atoms with E-state index in [9.17, 15) is 4.79 Å². The van der Waals surface area contributed by atoms with Gasteiger partial charge >= 0.3 is 5.97 Å². The van der Waals surface area contributed by atoms with Crippen LogP contribution in [-0.2, 0) is 9.53 Å². The molecule has 0 aliphatic rings. The molecule has 3 heteroatoms.